The third-order valence-corrected chi connectivity index (χ3v) is 4.89. The highest BCUT2D eigenvalue weighted by Gasteiger charge is 2.26. The molecule has 28 heavy (non-hydrogen) atoms. The predicted molar refractivity (Wildman–Crippen MR) is 109 cm³/mol. The van der Waals surface area contributed by atoms with Crippen molar-refractivity contribution in [2.24, 2.45) is 0 Å². The standard InChI is InChI=1S/C20H24N4O4/c1-21(2)16-9-8-15(14-18(16)24(26)27)20(25)23-12-10-22(11-13-23)17-6-4-5-7-19(17)28-3/h4-9,14H,10-13H2,1-3H3. The van der Waals surface area contributed by atoms with E-state index in [0.717, 1.165) is 11.4 Å². The molecule has 1 saturated heterocycles. The number of benzene rings is 2. The molecule has 0 aliphatic carbocycles. The summed E-state index contributed by atoms with van der Waals surface area (Å²) in [6, 6.07) is 12.4. The van der Waals surface area contributed by atoms with Gasteiger partial charge in [-0.15, -0.1) is 0 Å². The van der Waals surface area contributed by atoms with Crippen molar-refractivity contribution in [1.29, 1.82) is 0 Å². The van der Waals surface area contributed by atoms with Crippen molar-refractivity contribution in [3.8, 4) is 5.75 Å². The molecule has 1 amide bonds. The van der Waals surface area contributed by atoms with Crippen molar-refractivity contribution in [1.82, 2.24) is 4.90 Å². The molecule has 0 radical (unpaired) electrons. The van der Waals surface area contributed by atoms with Crippen LogP contribution in [0.3, 0.4) is 0 Å². The number of nitro benzene ring substituents is 1. The molecule has 2 aromatic rings. The Morgan fingerprint density at radius 1 is 1.11 bits per heavy atom. The Balaban J connectivity index is 1.73. The molecule has 0 spiro atoms. The maximum atomic E-state index is 12.9. The van der Waals surface area contributed by atoms with Gasteiger partial charge in [0.15, 0.2) is 0 Å². The number of hydrogen-bond acceptors (Lipinski definition) is 6. The van der Waals surface area contributed by atoms with E-state index in [4.69, 9.17) is 4.74 Å². The average molecular weight is 384 g/mol. The summed E-state index contributed by atoms with van der Waals surface area (Å²) in [5, 5.41) is 11.4. The number of carbonyl (C=O) groups excluding carboxylic acids is 1. The van der Waals surface area contributed by atoms with Gasteiger partial charge in [0, 0.05) is 51.9 Å². The molecule has 1 aliphatic rings. The predicted octanol–water partition coefficient (Wildman–Crippen LogP) is 2.63. The number of piperazine rings is 1. The van der Waals surface area contributed by atoms with Gasteiger partial charge in [0.25, 0.3) is 11.6 Å². The number of nitro groups is 1. The lowest BCUT2D eigenvalue weighted by molar-refractivity contribution is -0.384. The molecule has 1 aliphatic heterocycles. The van der Waals surface area contributed by atoms with Gasteiger partial charge in [0.05, 0.1) is 17.7 Å². The molecule has 8 nitrogen and oxygen atoms in total. The number of carbonyl (C=O) groups is 1. The molecule has 0 atom stereocenters. The average Bonchev–Trinajstić information content (AvgIpc) is 2.72. The van der Waals surface area contributed by atoms with E-state index in [1.165, 1.54) is 6.07 Å². The van der Waals surface area contributed by atoms with E-state index in [9.17, 15) is 14.9 Å². The molecule has 0 aromatic heterocycles. The monoisotopic (exact) mass is 384 g/mol. The van der Waals surface area contributed by atoms with Crippen LogP contribution in [-0.4, -0.2) is 63.1 Å². The number of anilines is 2. The summed E-state index contributed by atoms with van der Waals surface area (Å²) < 4.78 is 5.42. The van der Waals surface area contributed by atoms with Gasteiger partial charge in [-0.05, 0) is 24.3 Å². The Morgan fingerprint density at radius 3 is 2.39 bits per heavy atom. The van der Waals surface area contributed by atoms with Crippen LogP contribution in [0.2, 0.25) is 0 Å². The Bertz CT molecular complexity index is 876. The minimum absolute atomic E-state index is 0.0662. The summed E-state index contributed by atoms with van der Waals surface area (Å²) >= 11 is 0. The lowest BCUT2D eigenvalue weighted by Crippen LogP contribution is -2.48. The zero-order valence-electron chi connectivity index (χ0n) is 16.3. The molecule has 1 heterocycles. The highest BCUT2D eigenvalue weighted by Crippen LogP contribution is 2.30. The number of amides is 1. The van der Waals surface area contributed by atoms with Gasteiger partial charge in [0.2, 0.25) is 0 Å². The van der Waals surface area contributed by atoms with Crippen LogP contribution in [0.25, 0.3) is 0 Å². The topological polar surface area (TPSA) is 79.2 Å². The lowest BCUT2D eigenvalue weighted by Gasteiger charge is -2.36. The normalized spacial score (nSPS) is 14.0. The zero-order chi connectivity index (χ0) is 20.3. The fourth-order valence-corrected chi connectivity index (χ4v) is 3.40. The van der Waals surface area contributed by atoms with Crippen molar-refractivity contribution in [3.63, 3.8) is 0 Å². The first kappa shape index (κ1) is 19.5. The Labute approximate surface area is 164 Å². The molecule has 0 saturated carbocycles. The summed E-state index contributed by atoms with van der Waals surface area (Å²) in [6.07, 6.45) is 0. The third kappa shape index (κ3) is 3.85. The van der Waals surface area contributed by atoms with Crippen LogP contribution in [0.4, 0.5) is 17.1 Å². The van der Waals surface area contributed by atoms with Crippen molar-refractivity contribution in [3.05, 3.63) is 58.1 Å². The fourth-order valence-electron chi connectivity index (χ4n) is 3.40. The fraction of sp³-hybridized carbons (Fsp3) is 0.350. The Hall–Kier alpha value is -3.29. The molecule has 0 N–H and O–H groups in total. The largest absolute Gasteiger partial charge is 0.495 e. The van der Waals surface area contributed by atoms with Crippen molar-refractivity contribution >= 4 is 23.0 Å². The van der Waals surface area contributed by atoms with Crippen LogP contribution in [-0.2, 0) is 0 Å². The Morgan fingerprint density at radius 2 is 1.79 bits per heavy atom. The van der Waals surface area contributed by atoms with Crippen LogP contribution in [0.15, 0.2) is 42.5 Å². The number of methoxy groups -OCH3 is 1. The molecule has 1 fully saturated rings. The van der Waals surface area contributed by atoms with Gasteiger partial charge in [-0.25, -0.2) is 0 Å². The number of nitrogens with zero attached hydrogens (tertiary/aromatic N) is 4. The summed E-state index contributed by atoms with van der Waals surface area (Å²) in [7, 11) is 5.12. The van der Waals surface area contributed by atoms with Crippen LogP contribution in [0.5, 0.6) is 5.75 Å². The van der Waals surface area contributed by atoms with Gasteiger partial charge >= 0.3 is 0 Å². The first-order valence-corrected chi connectivity index (χ1v) is 9.05. The van der Waals surface area contributed by atoms with Gasteiger partial charge < -0.3 is 19.4 Å². The van der Waals surface area contributed by atoms with Crippen LogP contribution in [0, 0.1) is 10.1 Å². The smallest absolute Gasteiger partial charge is 0.293 e. The summed E-state index contributed by atoms with van der Waals surface area (Å²) in [6.45, 7) is 2.42. The third-order valence-electron chi connectivity index (χ3n) is 4.89. The number of hydrogen-bond donors (Lipinski definition) is 0. The molecule has 0 bridgehead atoms. The SMILES string of the molecule is COc1ccccc1N1CCN(C(=O)c2ccc(N(C)C)c([N+](=O)[O-])c2)CC1. The molecule has 148 valence electrons. The van der Waals surface area contributed by atoms with Crippen molar-refractivity contribution < 1.29 is 14.5 Å². The van der Waals surface area contributed by atoms with E-state index in [0.29, 0.717) is 37.4 Å². The van der Waals surface area contributed by atoms with Gasteiger partial charge in [-0.2, -0.15) is 0 Å². The van der Waals surface area contributed by atoms with Crippen molar-refractivity contribution in [2.45, 2.75) is 0 Å². The highest BCUT2D eigenvalue weighted by atomic mass is 16.6. The second-order valence-electron chi connectivity index (χ2n) is 6.81. The maximum Gasteiger partial charge on any atom is 0.293 e. The lowest BCUT2D eigenvalue weighted by atomic mass is 10.1. The first-order valence-electron chi connectivity index (χ1n) is 9.05. The molecule has 3 rings (SSSR count). The van der Waals surface area contributed by atoms with E-state index in [1.54, 1.807) is 43.1 Å². The quantitative estimate of drug-likeness (QED) is 0.582. The van der Waals surface area contributed by atoms with E-state index < -0.39 is 4.92 Å². The van der Waals surface area contributed by atoms with E-state index in [-0.39, 0.29) is 11.6 Å². The summed E-state index contributed by atoms with van der Waals surface area (Å²) in [4.78, 5) is 29.4. The van der Waals surface area contributed by atoms with E-state index in [1.807, 2.05) is 24.3 Å². The number of para-hydroxylation sites is 2. The van der Waals surface area contributed by atoms with E-state index >= 15 is 0 Å². The molecule has 2 aromatic carbocycles. The summed E-state index contributed by atoms with van der Waals surface area (Å²) in [5.41, 5.74) is 1.75. The molecular formula is C20H24N4O4. The molecule has 8 heteroatoms. The molecular weight excluding hydrogens is 360 g/mol. The maximum absolute atomic E-state index is 12.9. The second-order valence-corrected chi connectivity index (χ2v) is 6.81. The van der Waals surface area contributed by atoms with Gasteiger partial charge in [-0.3, -0.25) is 14.9 Å². The first-order chi connectivity index (χ1) is 13.4. The minimum atomic E-state index is -0.453. The second kappa shape index (κ2) is 8.16. The number of rotatable bonds is 5. The van der Waals surface area contributed by atoms with Gasteiger partial charge in [-0.1, -0.05) is 12.1 Å². The van der Waals surface area contributed by atoms with E-state index in [2.05, 4.69) is 4.90 Å². The number of ether oxygens (including phenoxy) is 1. The van der Waals surface area contributed by atoms with Gasteiger partial charge in [0.1, 0.15) is 11.4 Å². The zero-order valence-corrected chi connectivity index (χ0v) is 16.3. The van der Waals surface area contributed by atoms with Crippen LogP contribution < -0.4 is 14.5 Å². The Kier molecular flexibility index (Phi) is 5.67. The van der Waals surface area contributed by atoms with Crippen LogP contribution >= 0.6 is 0 Å². The van der Waals surface area contributed by atoms with Crippen LogP contribution in [0.1, 0.15) is 10.4 Å². The minimum Gasteiger partial charge on any atom is -0.495 e. The molecule has 0 unspecified atom stereocenters. The summed E-state index contributed by atoms with van der Waals surface area (Å²) in [5.74, 6) is 0.616. The van der Waals surface area contributed by atoms with Crippen molar-refractivity contribution in [2.75, 3.05) is 57.2 Å². The highest BCUT2D eigenvalue weighted by molar-refractivity contribution is 5.96.